The molecule has 0 saturated carbocycles. The first-order valence-corrected chi connectivity index (χ1v) is 5.82. The summed E-state index contributed by atoms with van der Waals surface area (Å²) >= 11 is 3.12. The molecule has 1 heterocycles. The molecule has 0 atom stereocenters. The van der Waals surface area contributed by atoms with E-state index in [-0.39, 0.29) is 7.43 Å². The number of aryl methyl sites for hydroxylation is 1. The molecule has 0 fully saturated rings. The number of nitrogens with zero attached hydrogens (tertiary/aromatic N) is 2. The SMILES string of the molecule is C.CC.Cc1ccc(-c2nc(Br)no2)cc1N. The highest BCUT2D eigenvalue weighted by Gasteiger charge is 2.07. The van der Waals surface area contributed by atoms with Crippen LogP contribution >= 0.6 is 15.9 Å². The number of halogens is 1. The number of hydrogen-bond donors (Lipinski definition) is 1. The molecule has 0 radical (unpaired) electrons. The van der Waals surface area contributed by atoms with Gasteiger partial charge in [0.05, 0.1) is 0 Å². The lowest BCUT2D eigenvalue weighted by Crippen LogP contribution is -1.89. The molecule has 0 unspecified atom stereocenters. The molecule has 0 saturated heterocycles. The van der Waals surface area contributed by atoms with Gasteiger partial charge < -0.3 is 10.3 Å². The van der Waals surface area contributed by atoms with Gasteiger partial charge in [0.25, 0.3) is 5.89 Å². The Morgan fingerprint density at radius 3 is 2.41 bits per heavy atom. The Kier molecular flexibility index (Phi) is 6.50. The maximum Gasteiger partial charge on any atom is 0.258 e. The minimum absolute atomic E-state index is 0. The van der Waals surface area contributed by atoms with E-state index in [1.54, 1.807) is 0 Å². The summed E-state index contributed by atoms with van der Waals surface area (Å²) in [5, 5.41) is 3.63. The molecule has 94 valence electrons. The van der Waals surface area contributed by atoms with Gasteiger partial charge in [-0.2, -0.15) is 4.98 Å². The Balaban J connectivity index is 0.000000811. The Bertz CT molecular complexity index is 469. The number of hydrogen-bond acceptors (Lipinski definition) is 4. The summed E-state index contributed by atoms with van der Waals surface area (Å²) in [4.78, 5) is 4.04. The van der Waals surface area contributed by atoms with Crippen LogP contribution in [0.15, 0.2) is 27.5 Å². The molecule has 2 aromatic rings. The van der Waals surface area contributed by atoms with Crippen LogP contribution in [0.4, 0.5) is 5.69 Å². The zero-order valence-corrected chi connectivity index (χ0v) is 11.1. The van der Waals surface area contributed by atoms with E-state index in [0.717, 1.165) is 16.8 Å². The van der Waals surface area contributed by atoms with Crippen LogP contribution in [-0.4, -0.2) is 10.1 Å². The number of anilines is 1. The predicted octanol–water partition coefficient (Wildman–Crippen LogP) is 4.05. The minimum atomic E-state index is 0. The van der Waals surface area contributed by atoms with Crippen molar-refractivity contribution in [3.63, 3.8) is 0 Å². The van der Waals surface area contributed by atoms with Gasteiger partial charge in [-0.3, -0.25) is 0 Å². The van der Waals surface area contributed by atoms with E-state index in [0.29, 0.717) is 10.6 Å². The molecular weight excluding hydrogens is 282 g/mol. The summed E-state index contributed by atoms with van der Waals surface area (Å²) in [5.41, 5.74) is 8.34. The van der Waals surface area contributed by atoms with Crippen LogP contribution in [0.5, 0.6) is 0 Å². The predicted molar refractivity (Wildman–Crippen MR) is 74.7 cm³/mol. The van der Waals surface area contributed by atoms with E-state index in [1.807, 2.05) is 39.0 Å². The van der Waals surface area contributed by atoms with Crippen LogP contribution in [0, 0.1) is 6.92 Å². The smallest absolute Gasteiger partial charge is 0.258 e. The van der Waals surface area contributed by atoms with Crippen LogP contribution in [0.3, 0.4) is 0 Å². The van der Waals surface area contributed by atoms with Crippen molar-refractivity contribution in [1.82, 2.24) is 10.1 Å². The third-order valence-corrected chi connectivity index (χ3v) is 2.25. The molecule has 17 heavy (non-hydrogen) atoms. The maximum atomic E-state index is 5.76. The Morgan fingerprint density at radius 1 is 1.29 bits per heavy atom. The molecule has 1 aromatic heterocycles. The molecule has 0 aliphatic rings. The van der Waals surface area contributed by atoms with Crippen molar-refractivity contribution < 1.29 is 4.52 Å². The second-order valence-electron chi connectivity index (χ2n) is 2.94. The summed E-state index contributed by atoms with van der Waals surface area (Å²) < 4.78 is 5.42. The molecule has 5 heteroatoms. The third kappa shape index (κ3) is 3.85. The zero-order chi connectivity index (χ0) is 12.1. The molecule has 0 aliphatic carbocycles. The molecule has 0 spiro atoms. The second kappa shape index (κ2) is 7.06. The monoisotopic (exact) mass is 299 g/mol. The van der Waals surface area contributed by atoms with Gasteiger partial charge in [0.15, 0.2) is 0 Å². The molecule has 1 aromatic carbocycles. The summed E-state index contributed by atoms with van der Waals surface area (Å²) in [7, 11) is 0. The van der Waals surface area contributed by atoms with Gasteiger partial charge in [-0.15, -0.1) is 0 Å². The molecule has 2 N–H and O–H groups in total. The Hall–Kier alpha value is -1.36. The molecule has 4 nitrogen and oxygen atoms in total. The fraction of sp³-hybridized carbons (Fsp3) is 0.333. The van der Waals surface area contributed by atoms with Gasteiger partial charge >= 0.3 is 0 Å². The lowest BCUT2D eigenvalue weighted by atomic mass is 10.1. The number of rotatable bonds is 1. The highest BCUT2D eigenvalue weighted by molar-refractivity contribution is 9.10. The second-order valence-corrected chi connectivity index (χ2v) is 3.65. The number of nitrogen functional groups attached to an aromatic ring is 1. The van der Waals surface area contributed by atoms with Crippen molar-refractivity contribution in [3.05, 3.63) is 28.5 Å². The van der Waals surface area contributed by atoms with Gasteiger partial charge in [-0.1, -0.05) is 27.3 Å². The average molecular weight is 300 g/mol. The molecule has 0 bridgehead atoms. The third-order valence-electron chi connectivity index (χ3n) is 1.93. The molecule has 0 aliphatic heterocycles. The molecule has 2 rings (SSSR count). The van der Waals surface area contributed by atoms with Crippen molar-refractivity contribution in [2.24, 2.45) is 0 Å². The standard InChI is InChI=1S/C9H8BrN3O.C2H6.CH4/c1-5-2-3-6(4-7(5)11)8-12-9(10)13-14-8;1-2;/h2-4H,11H2,1H3;1-2H3;1H4. The van der Waals surface area contributed by atoms with Gasteiger partial charge in [-0.25, -0.2) is 0 Å². The lowest BCUT2D eigenvalue weighted by molar-refractivity contribution is 0.426. The van der Waals surface area contributed by atoms with Crippen LogP contribution < -0.4 is 5.73 Å². The van der Waals surface area contributed by atoms with E-state index in [4.69, 9.17) is 10.3 Å². The summed E-state index contributed by atoms with van der Waals surface area (Å²) in [6.45, 7) is 5.95. The highest BCUT2D eigenvalue weighted by atomic mass is 79.9. The number of benzene rings is 1. The van der Waals surface area contributed by atoms with Gasteiger partial charge in [0.1, 0.15) is 0 Å². The van der Waals surface area contributed by atoms with Gasteiger partial charge in [0.2, 0.25) is 4.73 Å². The van der Waals surface area contributed by atoms with E-state index in [2.05, 4.69) is 26.1 Å². The molecular formula is C12H18BrN3O. The Morgan fingerprint density at radius 2 is 1.94 bits per heavy atom. The Labute approximate surface area is 110 Å². The van der Waals surface area contributed by atoms with E-state index in [1.165, 1.54) is 0 Å². The normalized spacial score (nSPS) is 8.94. The van der Waals surface area contributed by atoms with Crippen LogP contribution in [0.25, 0.3) is 11.5 Å². The van der Waals surface area contributed by atoms with Crippen LogP contribution in [0.1, 0.15) is 26.8 Å². The quantitative estimate of drug-likeness (QED) is 0.807. The number of aromatic nitrogens is 2. The number of nitrogens with two attached hydrogens (primary N) is 1. The van der Waals surface area contributed by atoms with Gasteiger partial charge in [-0.05, 0) is 45.7 Å². The summed E-state index contributed by atoms with van der Waals surface area (Å²) in [6, 6.07) is 5.63. The lowest BCUT2D eigenvalue weighted by Gasteiger charge is -2.00. The fourth-order valence-corrected chi connectivity index (χ4v) is 1.33. The molecule has 0 amide bonds. The largest absolute Gasteiger partial charge is 0.398 e. The first kappa shape index (κ1) is 15.6. The average Bonchev–Trinajstić information content (AvgIpc) is 2.72. The zero-order valence-electron chi connectivity index (χ0n) is 9.49. The first-order valence-electron chi connectivity index (χ1n) is 5.02. The highest BCUT2D eigenvalue weighted by Crippen LogP contribution is 2.22. The van der Waals surface area contributed by atoms with Crippen molar-refractivity contribution in [2.45, 2.75) is 28.2 Å². The fourth-order valence-electron chi connectivity index (χ4n) is 1.10. The maximum absolute atomic E-state index is 5.76. The van der Waals surface area contributed by atoms with Crippen LogP contribution in [0.2, 0.25) is 0 Å². The van der Waals surface area contributed by atoms with E-state index < -0.39 is 0 Å². The van der Waals surface area contributed by atoms with Crippen LogP contribution in [-0.2, 0) is 0 Å². The van der Waals surface area contributed by atoms with E-state index in [9.17, 15) is 0 Å². The topological polar surface area (TPSA) is 64.9 Å². The van der Waals surface area contributed by atoms with E-state index >= 15 is 0 Å². The summed E-state index contributed by atoms with van der Waals surface area (Å²) in [5.74, 6) is 0.462. The van der Waals surface area contributed by atoms with Crippen molar-refractivity contribution in [2.75, 3.05) is 5.73 Å². The summed E-state index contributed by atoms with van der Waals surface area (Å²) in [6.07, 6.45) is 0. The first-order chi connectivity index (χ1) is 7.66. The van der Waals surface area contributed by atoms with Gasteiger partial charge in [0, 0.05) is 11.3 Å². The van der Waals surface area contributed by atoms with Crippen molar-refractivity contribution in [1.29, 1.82) is 0 Å². The minimum Gasteiger partial charge on any atom is -0.398 e. The van der Waals surface area contributed by atoms with Crippen molar-refractivity contribution in [3.8, 4) is 11.5 Å². The van der Waals surface area contributed by atoms with Crippen molar-refractivity contribution >= 4 is 21.6 Å².